The summed E-state index contributed by atoms with van der Waals surface area (Å²) in [6.45, 7) is 4.22. The third-order valence-electron chi connectivity index (χ3n) is 2.91. The molecule has 0 saturated heterocycles. The average molecular weight is 273 g/mol. The van der Waals surface area contributed by atoms with E-state index in [0.29, 0.717) is 6.42 Å². The number of hydrogen-bond donors (Lipinski definition) is 1. The van der Waals surface area contributed by atoms with Gasteiger partial charge in [0.05, 0.1) is 12.7 Å². The zero-order valence-corrected chi connectivity index (χ0v) is 11.8. The summed E-state index contributed by atoms with van der Waals surface area (Å²) in [5.41, 5.74) is 5.99. The third-order valence-corrected chi connectivity index (χ3v) is 2.91. The Morgan fingerprint density at radius 2 is 1.85 bits per heavy atom. The minimum absolute atomic E-state index is 0.0898. The van der Waals surface area contributed by atoms with Crippen molar-refractivity contribution >= 4 is 16.9 Å². The van der Waals surface area contributed by atoms with Crippen molar-refractivity contribution in [2.45, 2.75) is 26.4 Å². The van der Waals surface area contributed by atoms with Crippen molar-refractivity contribution in [2.75, 3.05) is 6.61 Å². The van der Waals surface area contributed by atoms with Gasteiger partial charge >= 0.3 is 6.09 Å². The second-order valence-electron chi connectivity index (χ2n) is 4.89. The number of nitrogens with two attached hydrogens (primary N) is 1. The quantitative estimate of drug-likeness (QED) is 0.909. The molecule has 0 saturated carbocycles. The molecular weight excluding hydrogens is 254 g/mol. The minimum atomic E-state index is -0.753. The van der Waals surface area contributed by atoms with Crippen molar-refractivity contribution in [3.05, 3.63) is 42.0 Å². The molecule has 2 aromatic rings. The molecule has 2 aromatic carbocycles. The number of carbonyl (C=O) groups is 1. The molecule has 0 bridgehead atoms. The Bertz CT molecular complexity index is 608. The van der Waals surface area contributed by atoms with Crippen LogP contribution in [0.15, 0.2) is 36.4 Å². The predicted octanol–water partition coefficient (Wildman–Crippen LogP) is 3.26. The molecule has 0 atom stereocenters. The second kappa shape index (κ2) is 6.28. The summed E-state index contributed by atoms with van der Waals surface area (Å²) in [6.07, 6.45) is -0.0837. The molecule has 4 nitrogen and oxygen atoms in total. The lowest BCUT2D eigenvalue weighted by Gasteiger charge is -2.15. The summed E-state index contributed by atoms with van der Waals surface area (Å²) in [5.74, 6) is 0.826. The monoisotopic (exact) mass is 273 g/mol. The molecule has 0 aliphatic rings. The topological polar surface area (TPSA) is 61.6 Å². The van der Waals surface area contributed by atoms with E-state index in [9.17, 15) is 4.79 Å². The highest BCUT2D eigenvalue weighted by Gasteiger charge is 2.09. The van der Waals surface area contributed by atoms with Crippen molar-refractivity contribution in [3.63, 3.8) is 0 Å². The van der Waals surface area contributed by atoms with Gasteiger partial charge in [-0.15, -0.1) is 0 Å². The molecule has 106 valence electrons. The molecule has 0 aliphatic heterocycles. The van der Waals surface area contributed by atoms with E-state index in [1.165, 1.54) is 0 Å². The standard InChI is InChI=1S/C16H19NO3/c1-11(2)20-15-10-13-6-4-3-5-12(13)9-14(15)7-8-19-16(17)18/h3-6,9-11H,7-8H2,1-2H3,(H2,17,18). The molecule has 0 aliphatic carbocycles. The Kier molecular flexibility index (Phi) is 4.45. The zero-order chi connectivity index (χ0) is 14.5. The molecule has 0 spiro atoms. The van der Waals surface area contributed by atoms with Crippen LogP contribution in [-0.2, 0) is 11.2 Å². The Labute approximate surface area is 118 Å². The lowest BCUT2D eigenvalue weighted by molar-refractivity contribution is 0.157. The molecule has 4 heteroatoms. The van der Waals surface area contributed by atoms with Gasteiger partial charge in [0.2, 0.25) is 0 Å². The summed E-state index contributed by atoms with van der Waals surface area (Å²) in [6, 6.07) is 12.2. The summed E-state index contributed by atoms with van der Waals surface area (Å²) < 4.78 is 10.6. The highest BCUT2D eigenvalue weighted by atomic mass is 16.5. The third kappa shape index (κ3) is 3.63. The van der Waals surface area contributed by atoms with Crippen molar-refractivity contribution in [2.24, 2.45) is 5.73 Å². The highest BCUT2D eigenvalue weighted by molar-refractivity contribution is 5.85. The minimum Gasteiger partial charge on any atom is -0.491 e. The maximum atomic E-state index is 10.6. The Morgan fingerprint density at radius 1 is 1.20 bits per heavy atom. The first-order chi connectivity index (χ1) is 9.56. The fourth-order valence-electron chi connectivity index (χ4n) is 2.09. The van der Waals surface area contributed by atoms with Gasteiger partial charge in [-0.05, 0) is 42.3 Å². The Morgan fingerprint density at radius 3 is 2.45 bits per heavy atom. The molecule has 0 fully saturated rings. The van der Waals surface area contributed by atoms with Gasteiger partial charge in [-0.3, -0.25) is 0 Å². The van der Waals surface area contributed by atoms with Crippen LogP contribution < -0.4 is 10.5 Å². The van der Waals surface area contributed by atoms with Gasteiger partial charge in [-0.2, -0.15) is 0 Å². The molecule has 2 rings (SSSR count). The SMILES string of the molecule is CC(C)Oc1cc2ccccc2cc1CCOC(N)=O. The number of fused-ring (bicyclic) bond motifs is 1. The predicted molar refractivity (Wildman–Crippen MR) is 79.0 cm³/mol. The Hall–Kier alpha value is -2.23. The fraction of sp³-hybridized carbons (Fsp3) is 0.312. The van der Waals surface area contributed by atoms with Gasteiger partial charge in [-0.25, -0.2) is 4.79 Å². The van der Waals surface area contributed by atoms with E-state index in [2.05, 4.69) is 6.07 Å². The number of carbonyl (C=O) groups excluding carboxylic acids is 1. The van der Waals surface area contributed by atoms with E-state index in [4.69, 9.17) is 15.2 Å². The first kappa shape index (κ1) is 14.2. The van der Waals surface area contributed by atoms with E-state index >= 15 is 0 Å². The first-order valence-electron chi connectivity index (χ1n) is 6.67. The average Bonchev–Trinajstić information content (AvgIpc) is 2.38. The zero-order valence-electron chi connectivity index (χ0n) is 11.8. The first-order valence-corrected chi connectivity index (χ1v) is 6.67. The van der Waals surface area contributed by atoms with E-state index < -0.39 is 6.09 Å². The summed E-state index contributed by atoms with van der Waals surface area (Å²) in [5, 5.41) is 2.26. The summed E-state index contributed by atoms with van der Waals surface area (Å²) >= 11 is 0. The molecular formula is C16H19NO3. The summed E-state index contributed by atoms with van der Waals surface area (Å²) in [7, 11) is 0. The van der Waals surface area contributed by atoms with Crippen LogP contribution in [0.5, 0.6) is 5.75 Å². The fourth-order valence-corrected chi connectivity index (χ4v) is 2.09. The molecule has 1 amide bonds. The van der Waals surface area contributed by atoms with Crippen LogP contribution in [0.2, 0.25) is 0 Å². The maximum absolute atomic E-state index is 10.6. The number of rotatable bonds is 5. The molecule has 0 unspecified atom stereocenters. The van der Waals surface area contributed by atoms with Crippen LogP contribution >= 0.6 is 0 Å². The molecule has 0 aromatic heterocycles. The lowest BCUT2D eigenvalue weighted by atomic mass is 10.0. The van der Waals surface area contributed by atoms with E-state index in [-0.39, 0.29) is 12.7 Å². The van der Waals surface area contributed by atoms with E-state index in [1.807, 2.05) is 44.2 Å². The van der Waals surface area contributed by atoms with Gasteiger partial charge in [0.25, 0.3) is 0 Å². The van der Waals surface area contributed by atoms with Gasteiger partial charge in [0, 0.05) is 6.42 Å². The van der Waals surface area contributed by atoms with E-state index in [0.717, 1.165) is 22.1 Å². The number of amides is 1. The van der Waals surface area contributed by atoms with Crippen molar-refractivity contribution in [1.82, 2.24) is 0 Å². The van der Waals surface area contributed by atoms with Gasteiger partial charge in [-0.1, -0.05) is 24.3 Å². The summed E-state index contributed by atoms with van der Waals surface area (Å²) in [4.78, 5) is 10.6. The normalized spacial score (nSPS) is 10.8. The largest absolute Gasteiger partial charge is 0.491 e. The van der Waals surface area contributed by atoms with Crippen LogP contribution in [0.4, 0.5) is 4.79 Å². The number of primary amides is 1. The smallest absolute Gasteiger partial charge is 0.404 e. The van der Waals surface area contributed by atoms with Crippen LogP contribution in [0.3, 0.4) is 0 Å². The molecule has 2 N–H and O–H groups in total. The van der Waals surface area contributed by atoms with Crippen molar-refractivity contribution < 1.29 is 14.3 Å². The van der Waals surface area contributed by atoms with Crippen LogP contribution in [0, 0.1) is 0 Å². The van der Waals surface area contributed by atoms with Crippen molar-refractivity contribution in [1.29, 1.82) is 0 Å². The van der Waals surface area contributed by atoms with E-state index in [1.54, 1.807) is 0 Å². The van der Waals surface area contributed by atoms with Gasteiger partial charge in [0.1, 0.15) is 5.75 Å². The number of benzene rings is 2. The number of ether oxygens (including phenoxy) is 2. The molecule has 20 heavy (non-hydrogen) atoms. The Balaban J connectivity index is 2.30. The van der Waals surface area contributed by atoms with Gasteiger partial charge < -0.3 is 15.2 Å². The molecule has 0 radical (unpaired) electrons. The molecule has 0 heterocycles. The van der Waals surface area contributed by atoms with Crippen LogP contribution in [-0.4, -0.2) is 18.8 Å². The highest BCUT2D eigenvalue weighted by Crippen LogP contribution is 2.27. The lowest BCUT2D eigenvalue weighted by Crippen LogP contribution is -2.15. The van der Waals surface area contributed by atoms with Crippen LogP contribution in [0.1, 0.15) is 19.4 Å². The van der Waals surface area contributed by atoms with Gasteiger partial charge in [0.15, 0.2) is 0 Å². The number of hydrogen-bond acceptors (Lipinski definition) is 3. The maximum Gasteiger partial charge on any atom is 0.404 e. The van der Waals surface area contributed by atoms with Crippen molar-refractivity contribution in [3.8, 4) is 5.75 Å². The second-order valence-corrected chi connectivity index (χ2v) is 4.89. The van der Waals surface area contributed by atoms with Crippen LogP contribution in [0.25, 0.3) is 10.8 Å².